The van der Waals surface area contributed by atoms with Gasteiger partial charge in [-0.3, -0.25) is 9.59 Å². The van der Waals surface area contributed by atoms with Crippen molar-refractivity contribution in [3.63, 3.8) is 0 Å². The molecule has 0 spiro atoms. The van der Waals surface area contributed by atoms with Crippen LogP contribution in [-0.4, -0.2) is 47.4 Å². The molecule has 8 heteroatoms. The summed E-state index contributed by atoms with van der Waals surface area (Å²) in [6.45, 7) is 8.11. The summed E-state index contributed by atoms with van der Waals surface area (Å²) in [6.07, 6.45) is 4.30. The number of hydrogen-bond donors (Lipinski definition) is 5. The maximum atomic E-state index is 13.3. The van der Waals surface area contributed by atoms with Crippen LogP contribution in [0.5, 0.6) is 0 Å². The van der Waals surface area contributed by atoms with E-state index >= 15 is 0 Å². The van der Waals surface area contributed by atoms with Gasteiger partial charge in [-0.05, 0) is 44.2 Å². The molecule has 1 unspecified atom stereocenters. The van der Waals surface area contributed by atoms with Crippen LogP contribution < -0.4 is 21.7 Å². The summed E-state index contributed by atoms with van der Waals surface area (Å²) in [5, 5.41) is 10.00. The fraction of sp³-hybridized carbons (Fsp3) is 0.542. The zero-order chi connectivity index (χ0) is 23.7. The molecule has 2 aromatic rings. The summed E-state index contributed by atoms with van der Waals surface area (Å²) in [6, 6.07) is 6.46. The van der Waals surface area contributed by atoms with Gasteiger partial charge in [0.25, 0.3) is 0 Å². The maximum Gasteiger partial charge on any atom is 0.312 e. The first-order chi connectivity index (χ1) is 15.2. The van der Waals surface area contributed by atoms with E-state index in [2.05, 4.69) is 27.9 Å². The number of hydrogen-bond acceptors (Lipinski definition) is 4. The number of aromatic amines is 1. The van der Waals surface area contributed by atoms with Gasteiger partial charge in [0, 0.05) is 35.6 Å². The number of ketones is 1. The van der Waals surface area contributed by atoms with Crippen molar-refractivity contribution in [1.82, 2.24) is 20.9 Å². The lowest BCUT2D eigenvalue weighted by molar-refractivity contribution is -0.130. The second-order valence-corrected chi connectivity index (χ2v) is 8.64. The van der Waals surface area contributed by atoms with Crippen LogP contribution in [0.4, 0.5) is 4.79 Å². The van der Waals surface area contributed by atoms with E-state index in [-0.39, 0.29) is 23.7 Å². The number of carbonyl (C=O) groups is 3. The molecule has 1 heterocycles. The normalized spacial score (nSPS) is 14.2. The Morgan fingerprint density at radius 3 is 2.47 bits per heavy atom. The summed E-state index contributed by atoms with van der Waals surface area (Å²) in [4.78, 5) is 40.2. The molecule has 1 aromatic carbocycles. The van der Waals surface area contributed by atoms with Gasteiger partial charge in [0.1, 0.15) is 0 Å². The van der Waals surface area contributed by atoms with Crippen molar-refractivity contribution in [1.29, 1.82) is 0 Å². The van der Waals surface area contributed by atoms with E-state index in [9.17, 15) is 14.4 Å². The number of Topliss-reactive ketones (excluding diaryl/α,β-unsaturated/α-hetero) is 1. The van der Waals surface area contributed by atoms with E-state index in [1.807, 2.05) is 51.2 Å². The zero-order valence-electron chi connectivity index (χ0n) is 19.5. The van der Waals surface area contributed by atoms with E-state index in [4.69, 9.17) is 5.73 Å². The highest BCUT2D eigenvalue weighted by atomic mass is 16.2. The largest absolute Gasteiger partial charge is 0.361 e. The molecule has 0 saturated carbocycles. The van der Waals surface area contributed by atoms with Gasteiger partial charge in [-0.2, -0.15) is 0 Å². The van der Waals surface area contributed by atoms with Gasteiger partial charge in [-0.25, -0.2) is 4.79 Å². The predicted molar refractivity (Wildman–Crippen MR) is 127 cm³/mol. The monoisotopic (exact) mass is 443 g/mol. The van der Waals surface area contributed by atoms with Gasteiger partial charge in [0.2, 0.25) is 5.91 Å². The number of H-pyrrole nitrogens is 1. The van der Waals surface area contributed by atoms with Crippen molar-refractivity contribution in [2.24, 2.45) is 11.7 Å². The number of primary amides is 1. The minimum absolute atomic E-state index is 0.0215. The predicted octanol–water partition coefficient (Wildman–Crippen LogP) is 2.63. The Balaban J connectivity index is 2.15. The van der Waals surface area contributed by atoms with Gasteiger partial charge in [-0.1, -0.05) is 39.0 Å². The number of rotatable bonds is 13. The third-order valence-corrected chi connectivity index (χ3v) is 5.71. The molecule has 1 aromatic heterocycles. The second kappa shape index (κ2) is 12.2. The van der Waals surface area contributed by atoms with Crippen molar-refractivity contribution in [2.75, 3.05) is 6.54 Å². The van der Waals surface area contributed by atoms with E-state index in [1.165, 1.54) is 0 Å². The Morgan fingerprint density at radius 1 is 1.09 bits per heavy atom. The second-order valence-electron chi connectivity index (χ2n) is 8.64. The third kappa shape index (κ3) is 7.37. The van der Waals surface area contributed by atoms with Crippen molar-refractivity contribution in [3.05, 3.63) is 36.0 Å². The lowest BCUT2D eigenvalue weighted by atomic mass is 9.96. The zero-order valence-corrected chi connectivity index (χ0v) is 19.5. The standard InChI is InChI=1S/C24H37N5O3/c1-5-16(4)28-21(13-17-14-27-19-10-7-6-9-18(17)19)23(31)29-20(22(30)15(2)3)11-8-12-26-24(25)32/h6-7,9-10,14-16,20-21,27-28H,5,8,11-13H2,1-4H3,(H,29,31)(H3,25,26,32)/t16?,20-,21+/m0/s1. The highest BCUT2D eigenvalue weighted by Gasteiger charge is 2.28. The lowest BCUT2D eigenvalue weighted by Crippen LogP contribution is -2.53. The molecule has 0 aliphatic heterocycles. The first-order valence-electron chi connectivity index (χ1n) is 11.4. The van der Waals surface area contributed by atoms with Crippen LogP contribution in [0.2, 0.25) is 0 Å². The maximum absolute atomic E-state index is 13.3. The Hall–Kier alpha value is -2.87. The molecule has 3 atom stereocenters. The summed E-state index contributed by atoms with van der Waals surface area (Å²) in [5.74, 6) is -0.428. The fourth-order valence-electron chi connectivity index (χ4n) is 3.69. The number of nitrogens with two attached hydrogens (primary N) is 1. The quantitative estimate of drug-likeness (QED) is 0.305. The average molecular weight is 444 g/mol. The Kier molecular flexibility index (Phi) is 9.71. The first kappa shape index (κ1) is 25.4. The Labute approximate surface area is 190 Å². The van der Waals surface area contributed by atoms with Crippen LogP contribution in [0.1, 0.15) is 52.5 Å². The van der Waals surface area contributed by atoms with Crippen molar-refractivity contribution >= 4 is 28.6 Å². The number of amides is 3. The van der Waals surface area contributed by atoms with Crippen LogP contribution in [0.25, 0.3) is 10.9 Å². The molecular formula is C24H37N5O3. The SMILES string of the molecule is CCC(C)N[C@H](Cc1c[nH]c2ccccc12)C(=O)N[C@@H](CCCNC(N)=O)C(=O)C(C)C. The van der Waals surface area contributed by atoms with E-state index in [1.54, 1.807) is 0 Å². The van der Waals surface area contributed by atoms with Crippen molar-refractivity contribution < 1.29 is 14.4 Å². The number of para-hydroxylation sites is 1. The lowest BCUT2D eigenvalue weighted by Gasteiger charge is -2.26. The number of fused-ring (bicyclic) bond motifs is 1. The van der Waals surface area contributed by atoms with Crippen LogP contribution in [0.15, 0.2) is 30.5 Å². The molecule has 32 heavy (non-hydrogen) atoms. The number of aromatic nitrogens is 1. The van der Waals surface area contributed by atoms with Crippen LogP contribution in [0.3, 0.4) is 0 Å². The van der Waals surface area contributed by atoms with Gasteiger partial charge < -0.3 is 26.7 Å². The summed E-state index contributed by atoms with van der Waals surface area (Å²) < 4.78 is 0. The molecule has 3 amide bonds. The van der Waals surface area contributed by atoms with Crippen molar-refractivity contribution in [3.8, 4) is 0 Å². The summed E-state index contributed by atoms with van der Waals surface area (Å²) in [7, 11) is 0. The van der Waals surface area contributed by atoms with Crippen LogP contribution >= 0.6 is 0 Å². The topological polar surface area (TPSA) is 129 Å². The third-order valence-electron chi connectivity index (χ3n) is 5.71. The Bertz CT molecular complexity index is 908. The average Bonchev–Trinajstić information content (AvgIpc) is 3.17. The van der Waals surface area contributed by atoms with Crippen LogP contribution in [-0.2, 0) is 16.0 Å². The smallest absolute Gasteiger partial charge is 0.312 e. The highest BCUT2D eigenvalue weighted by Crippen LogP contribution is 2.19. The molecule has 0 radical (unpaired) electrons. The van der Waals surface area contributed by atoms with E-state index < -0.39 is 18.1 Å². The first-order valence-corrected chi connectivity index (χ1v) is 11.4. The summed E-state index contributed by atoms with van der Waals surface area (Å²) >= 11 is 0. The summed E-state index contributed by atoms with van der Waals surface area (Å²) in [5.41, 5.74) is 7.18. The molecule has 0 bridgehead atoms. The molecule has 2 rings (SSSR count). The molecule has 0 fully saturated rings. The number of nitrogens with one attached hydrogen (secondary N) is 4. The Morgan fingerprint density at radius 2 is 1.81 bits per heavy atom. The number of urea groups is 1. The minimum Gasteiger partial charge on any atom is -0.361 e. The molecule has 0 saturated heterocycles. The molecular weight excluding hydrogens is 406 g/mol. The van der Waals surface area contributed by atoms with Gasteiger partial charge >= 0.3 is 6.03 Å². The number of carbonyl (C=O) groups excluding carboxylic acids is 3. The van der Waals surface area contributed by atoms with E-state index in [0.29, 0.717) is 25.8 Å². The molecule has 0 aliphatic rings. The fourth-order valence-corrected chi connectivity index (χ4v) is 3.69. The van der Waals surface area contributed by atoms with Gasteiger partial charge in [0.15, 0.2) is 5.78 Å². The van der Waals surface area contributed by atoms with Crippen LogP contribution in [0, 0.1) is 5.92 Å². The van der Waals surface area contributed by atoms with Gasteiger partial charge in [0.05, 0.1) is 12.1 Å². The molecule has 8 nitrogen and oxygen atoms in total. The molecule has 0 aliphatic carbocycles. The van der Waals surface area contributed by atoms with Gasteiger partial charge in [-0.15, -0.1) is 0 Å². The van der Waals surface area contributed by atoms with E-state index in [0.717, 1.165) is 22.9 Å². The van der Waals surface area contributed by atoms with Crippen molar-refractivity contribution in [2.45, 2.75) is 71.5 Å². The molecule has 176 valence electrons. The highest BCUT2D eigenvalue weighted by molar-refractivity contribution is 5.92. The number of benzene rings is 1. The molecule has 6 N–H and O–H groups in total. The minimum atomic E-state index is -0.610.